The molecule has 0 saturated heterocycles. The number of oxazole rings is 1. The molecule has 4 rings (SSSR count). The molecule has 7 nitrogen and oxygen atoms in total. The van der Waals surface area contributed by atoms with Crippen LogP contribution in [0.4, 0.5) is 0 Å². The molecular weight excluding hydrogens is 436 g/mol. The van der Waals surface area contributed by atoms with Crippen LogP contribution in [0.1, 0.15) is 27.7 Å². The van der Waals surface area contributed by atoms with E-state index in [0.29, 0.717) is 47.4 Å². The average Bonchev–Trinajstić information content (AvgIpc) is 3.38. The van der Waals surface area contributed by atoms with Crippen molar-refractivity contribution in [2.45, 2.75) is 24.1 Å². The molecule has 0 unspecified atom stereocenters. The molecule has 2 aromatic carbocycles. The van der Waals surface area contributed by atoms with Crippen LogP contribution in [0.5, 0.6) is 0 Å². The van der Waals surface area contributed by atoms with Gasteiger partial charge >= 0.3 is 0 Å². The van der Waals surface area contributed by atoms with Crippen LogP contribution in [0.25, 0.3) is 11.1 Å². The number of benzene rings is 2. The molecule has 4 aromatic rings. The number of carbonyl (C=O) groups is 1. The number of carbonyl (C=O) groups excluding carboxylic acids is 1. The van der Waals surface area contributed by atoms with Gasteiger partial charge in [-0.25, -0.2) is 4.98 Å². The summed E-state index contributed by atoms with van der Waals surface area (Å²) in [7, 11) is 0. The van der Waals surface area contributed by atoms with E-state index in [4.69, 9.17) is 20.5 Å². The molecule has 0 aliphatic rings. The molecule has 2 aromatic heterocycles. The van der Waals surface area contributed by atoms with Crippen LogP contribution in [0.2, 0.25) is 5.02 Å². The van der Waals surface area contributed by atoms with E-state index in [9.17, 15) is 4.79 Å². The Kier molecular flexibility index (Phi) is 6.91. The number of hydrogen-bond donors (Lipinski definition) is 2. The molecule has 2 N–H and O–H groups in total. The zero-order valence-corrected chi connectivity index (χ0v) is 18.4. The first-order chi connectivity index (χ1) is 15.1. The van der Waals surface area contributed by atoms with Crippen LogP contribution >= 0.6 is 23.4 Å². The van der Waals surface area contributed by atoms with Gasteiger partial charge in [0.1, 0.15) is 11.3 Å². The van der Waals surface area contributed by atoms with E-state index in [1.54, 1.807) is 17.8 Å². The molecule has 9 heteroatoms. The highest BCUT2D eigenvalue weighted by Crippen LogP contribution is 2.26. The highest BCUT2D eigenvalue weighted by atomic mass is 35.5. The van der Waals surface area contributed by atoms with Crippen LogP contribution in [-0.2, 0) is 12.3 Å². The molecule has 0 spiro atoms. The number of rotatable bonds is 9. The number of thioether (sulfide) groups is 1. The Morgan fingerprint density at radius 2 is 2.03 bits per heavy atom. The summed E-state index contributed by atoms with van der Waals surface area (Å²) in [5.74, 6) is 1.85. The Labute approximate surface area is 188 Å². The average molecular weight is 457 g/mol. The predicted molar refractivity (Wildman–Crippen MR) is 120 cm³/mol. The van der Waals surface area contributed by atoms with Crippen LogP contribution < -0.4 is 10.6 Å². The van der Waals surface area contributed by atoms with Crippen LogP contribution in [0.15, 0.2) is 62.4 Å². The van der Waals surface area contributed by atoms with Gasteiger partial charge in [-0.2, -0.15) is 0 Å². The molecule has 160 valence electrons. The number of fused-ring (bicyclic) bond motifs is 1. The van der Waals surface area contributed by atoms with Crippen LogP contribution in [-0.4, -0.2) is 29.1 Å². The van der Waals surface area contributed by atoms with E-state index in [0.717, 1.165) is 21.9 Å². The molecule has 0 atom stereocenters. The van der Waals surface area contributed by atoms with Crippen molar-refractivity contribution in [1.29, 1.82) is 0 Å². The Hall–Kier alpha value is -2.81. The van der Waals surface area contributed by atoms with Gasteiger partial charge in [-0.05, 0) is 31.2 Å². The zero-order valence-electron chi connectivity index (χ0n) is 16.9. The maximum atomic E-state index is 12.6. The van der Waals surface area contributed by atoms with Gasteiger partial charge in [0.25, 0.3) is 5.91 Å². The van der Waals surface area contributed by atoms with Crippen molar-refractivity contribution in [3.05, 3.63) is 76.5 Å². The molecule has 2 heterocycles. The third-order valence-electron chi connectivity index (χ3n) is 4.46. The number of nitrogens with zero attached hydrogens (tertiary/aromatic N) is 2. The lowest BCUT2D eigenvalue weighted by atomic mass is 10.2. The van der Waals surface area contributed by atoms with Gasteiger partial charge in [-0.3, -0.25) is 4.79 Å². The Bertz CT molecular complexity index is 1190. The SMILES string of the molecule is Cc1cc(CSc2ccccc2C(=O)NCCNCc2nc3cccc(Cl)c3o2)no1. The summed E-state index contributed by atoms with van der Waals surface area (Å²) < 4.78 is 10.8. The smallest absolute Gasteiger partial charge is 0.252 e. The number of halogens is 1. The van der Waals surface area contributed by atoms with Gasteiger partial charge in [0.15, 0.2) is 5.58 Å². The van der Waals surface area contributed by atoms with E-state index >= 15 is 0 Å². The summed E-state index contributed by atoms with van der Waals surface area (Å²) in [6.07, 6.45) is 0. The predicted octanol–water partition coefficient (Wildman–Crippen LogP) is 4.59. The molecule has 0 saturated carbocycles. The fraction of sp³-hybridized carbons (Fsp3) is 0.227. The second kappa shape index (κ2) is 10.00. The number of para-hydroxylation sites is 1. The van der Waals surface area contributed by atoms with Crippen LogP contribution in [0, 0.1) is 6.92 Å². The number of nitrogens with one attached hydrogen (secondary N) is 2. The normalized spacial score (nSPS) is 11.2. The molecule has 1 amide bonds. The van der Waals surface area contributed by atoms with E-state index in [1.807, 2.05) is 49.4 Å². The van der Waals surface area contributed by atoms with Crippen molar-refractivity contribution in [2.75, 3.05) is 13.1 Å². The lowest BCUT2D eigenvalue weighted by Gasteiger charge is -2.09. The van der Waals surface area contributed by atoms with Crippen LogP contribution in [0.3, 0.4) is 0 Å². The zero-order chi connectivity index (χ0) is 21.6. The standard InChI is InChI=1S/C22H21ClN4O3S/c1-14-11-15(27-30-14)13-31-19-8-3-2-5-16(19)22(28)25-10-9-24-12-20-26-18-7-4-6-17(23)21(18)29-20/h2-8,11,24H,9-10,12-13H2,1H3,(H,25,28). The summed E-state index contributed by atoms with van der Waals surface area (Å²) >= 11 is 7.66. The minimum Gasteiger partial charge on any atom is -0.438 e. The fourth-order valence-corrected chi connectivity index (χ4v) is 4.15. The highest BCUT2D eigenvalue weighted by Gasteiger charge is 2.12. The van der Waals surface area contributed by atoms with E-state index in [-0.39, 0.29) is 5.91 Å². The van der Waals surface area contributed by atoms with Gasteiger partial charge < -0.3 is 19.6 Å². The van der Waals surface area contributed by atoms with Crippen molar-refractivity contribution >= 4 is 40.4 Å². The number of aromatic nitrogens is 2. The van der Waals surface area contributed by atoms with Gasteiger partial charge in [0.2, 0.25) is 5.89 Å². The van der Waals surface area contributed by atoms with Crippen molar-refractivity contribution in [1.82, 2.24) is 20.8 Å². The second-order valence-electron chi connectivity index (χ2n) is 6.84. The molecule has 0 aliphatic carbocycles. The van der Waals surface area contributed by atoms with Gasteiger partial charge in [-0.1, -0.05) is 35.0 Å². The minimum absolute atomic E-state index is 0.116. The topological polar surface area (TPSA) is 93.2 Å². The van der Waals surface area contributed by atoms with Crippen molar-refractivity contribution in [3.8, 4) is 0 Å². The quantitative estimate of drug-likeness (QED) is 0.281. The van der Waals surface area contributed by atoms with E-state index in [1.165, 1.54) is 0 Å². The summed E-state index contributed by atoms with van der Waals surface area (Å²) in [5.41, 5.74) is 2.81. The first-order valence-corrected chi connectivity index (χ1v) is 11.1. The Morgan fingerprint density at radius 3 is 2.84 bits per heavy atom. The van der Waals surface area contributed by atoms with Crippen molar-refractivity contribution < 1.29 is 13.7 Å². The largest absolute Gasteiger partial charge is 0.438 e. The maximum absolute atomic E-state index is 12.6. The summed E-state index contributed by atoms with van der Waals surface area (Å²) in [6, 6.07) is 14.9. The summed E-state index contributed by atoms with van der Waals surface area (Å²) in [4.78, 5) is 17.9. The number of aryl methyl sites for hydroxylation is 1. The lowest BCUT2D eigenvalue weighted by Crippen LogP contribution is -2.31. The number of hydrogen-bond acceptors (Lipinski definition) is 7. The van der Waals surface area contributed by atoms with Crippen molar-refractivity contribution in [2.24, 2.45) is 0 Å². The second-order valence-corrected chi connectivity index (χ2v) is 8.27. The van der Waals surface area contributed by atoms with E-state index < -0.39 is 0 Å². The molecule has 0 radical (unpaired) electrons. The Balaban J connectivity index is 1.25. The molecule has 31 heavy (non-hydrogen) atoms. The summed E-state index contributed by atoms with van der Waals surface area (Å²) in [6.45, 7) is 3.35. The van der Waals surface area contributed by atoms with Gasteiger partial charge in [0.05, 0.1) is 22.8 Å². The molecular formula is C22H21ClN4O3S. The highest BCUT2D eigenvalue weighted by molar-refractivity contribution is 7.98. The Morgan fingerprint density at radius 1 is 1.16 bits per heavy atom. The molecule has 0 aliphatic heterocycles. The first kappa shape index (κ1) is 21.4. The monoisotopic (exact) mass is 456 g/mol. The first-order valence-electron chi connectivity index (χ1n) is 9.77. The maximum Gasteiger partial charge on any atom is 0.252 e. The molecule has 0 bridgehead atoms. The lowest BCUT2D eigenvalue weighted by molar-refractivity contribution is 0.0951. The van der Waals surface area contributed by atoms with Gasteiger partial charge in [-0.15, -0.1) is 11.8 Å². The third-order valence-corrected chi connectivity index (χ3v) is 5.86. The third kappa shape index (κ3) is 5.46. The van der Waals surface area contributed by atoms with Crippen molar-refractivity contribution in [3.63, 3.8) is 0 Å². The molecule has 0 fully saturated rings. The van der Waals surface area contributed by atoms with E-state index in [2.05, 4.69) is 20.8 Å². The summed E-state index contributed by atoms with van der Waals surface area (Å²) in [5, 5.41) is 10.7. The minimum atomic E-state index is -0.116. The fourth-order valence-electron chi connectivity index (χ4n) is 3.01. The van der Waals surface area contributed by atoms with Gasteiger partial charge in [0, 0.05) is 29.8 Å². The number of amides is 1.